The summed E-state index contributed by atoms with van der Waals surface area (Å²) in [6.07, 6.45) is 1.95. The standard InChI is InChI=1S/C7H10ClIN2/c1-7(2,3)11-4-5(9)6(8)10-11/h4H,1-3H3. The van der Waals surface area contributed by atoms with E-state index in [1.54, 1.807) is 0 Å². The molecule has 1 heterocycles. The maximum Gasteiger partial charge on any atom is 0.164 e. The van der Waals surface area contributed by atoms with Crippen LogP contribution in [0.3, 0.4) is 0 Å². The number of hydrogen-bond acceptors (Lipinski definition) is 1. The van der Waals surface area contributed by atoms with Gasteiger partial charge in [0.1, 0.15) is 0 Å². The minimum absolute atomic E-state index is 0.0209. The summed E-state index contributed by atoms with van der Waals surface area (Å²) in [7, 11) is 0. The molecule has 0 atom stereocenters. The highest BCUT2D eigenvalue weighted by Crippen LogP contribution is 2.20. The highest BCUT2D eigenvalue weighted by atomic mass is 127. The largest absolute Gasteiger partial charge is 0.265 e. The summed E-state index contributed by atoms with van der Waals surface area (Å²) in [6.45, 7) is 6.27. The van der Waals surface area contributed by atoms with Crippen molar-refractivity contribution in [1.29, 1.82) is 0 Å². The molecule has 1 aromatic heterocycles. The van der Waals surface area contributed by atoms with Gasteiger partial charge in [0, 0.05) is 6.20 Å². The molecule has 0 aliphatic heterocycles. The monoisotopic (exact) mass is 284 g/mol. The van der Waals surface area contributed by atoms with E-state index < -0.39 is 0 Å². The summed E-state index contributed by atoms with van der Waals surface area (Å²) in [5, 5.41) is 4.74. The molecule has 0 radical (unpaired) electrons. The first kappa shape index (κ1) is 9.32. The molecule has 0 saturated heterocycles. The van der Waals surface area contributed by atoms with E-state index in [-0.39, 0.29) is 5.54 Å². The third-order valence-corrected chi connectivity index (χ3v) is 2.70. The Bertz CT molecular complexity index is 242. The number of halogens is 2. The summed E-state index contributed by atoms with van der Waals surface area (Å²) in [4.78, 5) is 0. The molecule has 2 nitrogen and oxygen atoms in total. The van der Waals surface area contributed by atoms with Gasteiger partial charge in [0.2, 0.25) is 0 Å². The molecule has 0 fully saturated rings. The number of nitrogens with zero attached hydrogens (tertiary/aromatic N) is 2. The number of rotatable bonds is 0. The lowest BCUT2D eigenvalue weighted by Crippen LogP contribution is -2.22. The molecule has 1 aromatic rings. The Kier molecular flexibility index (Phi) is 2.49. The molecule has 62 valence electrons. The molecule has 0 bridgehead atoms. The van der Waals surface area contributed by atoms with Crippen LogP contribution in [0.4, 0.5) is 0 Å². The second-order valence-corrected chi connectivity index (χ2v) is 4.90. The van der Waals surface area contributed by atoms with Gasteiger partial charge in [-0.2, -0.15) is 5.10 Å². The van der Waals surface area contributed by atoms with E-state index in [9.17, 15) is 0 Å². The van der Waals surface area contributed by atoms with Crippen LogP contribution in [0, 0.1) is 3.57 Å². The summed E-state index contributed by atoms with van der Waals surface area (Å²) in [6, 6.07) is 0. The van der Waals surface area contributed by atoms with Crippen LogP contribution >= 0.6 is 34.2 Å². The zero-order valence-electron chi connectivity index (χ0n) is 6.73. The molecule has 0 amide bonds. The lowest BCUT2D eigenvalue weighted by Gasteiger charge is -2.18. The fraction of sp³-hybridized carbons (Fsp3) is 0.571. The van der Waals surface area contributed by atoms with Gasteiger partial charge < -0.3 is 0 Å². The minimum Gasteiger partial charge on any atom is -0.265 e. The molecule has 0 aromatic carbocycles. The highest BCUT2D eigenvalue weighted by molar-refractivity contribution is 14.1. The predicted molar refractivity (Wildman–Crippen MR) is 55.0 cm³/mol. The zero-order valence-corrected chi connectivity index (χ0v) is 9.64. The van der Waals surface area contributed by atoms with E-state index in [0.29, 0.717) is 5.15 Å². The smallest absolute Gasteiger partial charge is 0.164 e. The van der Waals surface area contributed by atoms with E-state index in [2.05, 4.69) is 48.5 Å². The fourth-order valence-electron chi connectivity index (χ4n) is 0.675. The van der Waals surface area contributed by atoms with E-state index in [1.807, 2.05) is 10.9 Å². The first-order chi connectivity index (χ1) is 4.91. The van der Waals surface area contributed by atoms with Crippen LogP contribution in [-0.2, 0) is 5.54 Å². The molecule has 0 aliphatic rings. The zero-order chi connectivity index (χ0) is 8.65. The Morgan fingerprint density at radius 3 is 2.27 bits per heavy atom. The van der Waals surface area contributed by atoms with Crippen molar-refractivity contribution in [2.75, 3.05) is 0 Å². The second kappa shape index (κ2) is 2.94. The van der Waals surface area contributed by atoms with Gasteiger partial charge in [0.25, 0.3) is 0 Å². The van der Waals surface area contributed by atoms with Crippen molar-refractivity contribution in [3.8, 4) is 0 Å². The summed E-state index contributed by atoms with van der Waals surface area (Å²) in [5.74, 6) is 0. The Morgan fingerprint density at radius 1 is 1.55 bits per heavy atom. The van der Waals surface area contributed by atoms with Crippen LogP contribution in [0.2, 0.25) is 5.15 Å². The van der Waals surface area contributed by atoms with E-state index in [0.717, 1.165) is 3.57 Å². The van der Waals surface area contributed by atoms with E-state index in [1.165, 1.54) is 0 Å². The normalized spacial score (nSPS) is 12.1. The minimum atomic E-state index is 0.0209. The number of aromatic nitrogens is 2. The van der Waals surface area contributed by atoms with Crippen molar-refractivity contribution in [1.82, 2.24) is 9.78 Å². The molecule has 11 heavy (non-hydrogen) atoms. The Labute approximate surface area is 85.1 Å². The Hall–Kier alpha value is 0.230. The van der Waals surface area contributed by atoms with Gasteiger partial charge in [0.05, 0.1) is 9.11 Å². The van der Waals surface area contributed by atoms with E-state index in [4.69, 9.17) is 11.6 Å². The van der Waals surface area contributed by atoms with Crippen molar-refractivity contribution >= 4 is 34.2 Å². The topological polar surface area (TPSA) is 17.8 Å². The van der Waals surface area contributed by atoms with Crippen LogP contribution in [0.5, 0.6) is 0 Å². The lowest BCUT2D eigenvalue weighted by atomic mass is 10.1. The van der Waals surface area contributed by atoms with Gasteiger partial charge in [-0.3, -0.25) is 4.68 Å². The molecule has 0 saturated carbocycles. The van der Waals surface area contributed by atoms with Gasteiger partial charge in [-0.1, -0.05) is 11.6 Å². The molecule has 0 spiro atoms. The third kappa shape index (κ3) is 2.08. The van der Waals surface area contributed by atoms with Gasteiger partial charge in [-0.25, -0.2) is 0 Å². The van der Waals surface area contributed by atoms with Gasteiger partial charge in [-0.15, -0.1) is 0 Å². The first-order valence-corrected chi connectivity index (χ1v) is 4.78. The summed E-state index contributed by atoms with van der Waals surface area (Å²) >= 11 is 7.97. The average molecular weight is 285 g/mol. The predicted octanol–water partition coefficient (Wildman–Crippen LogP) is 2.90. The van der Waals surface area contributed by atoms with Crippen molar-refractivity contribution < 1.29 is 0 Å². The maximum atomic E-state index is 5.80. The fourth-order valence-corrected chi connectivity index (χ4v) is 1.18. The van der Waals surface area contributed by atoms with E-state index >= 15 is 0 Å². The van der Waals surface area contributed by atoms with Crippen molar-refractivity contribution in [3.05, 3.63) is 14.9 Å². The lowest BCUT2D eigenvalue weighted by molar-refractivity contribution is 0.355. The van der Waals surface area contributed by atoms with Gasteiger partial charge in [-0.05, 0) is 43.4 Å². The molecular weight excluding hydrogens is 274 g/mol. The molecule has 1 rings (SSSR count). The van der Waals surface area contributed by atoms with Crippen LogP contribution in [0.25, 0.3) is 0 Å². The molecule has 0 unspecified atom stereocenters. The first-order valence-electron chi connectivity index (χ1n) is 3.32. The number of hydrogen-bond donors (Lipinski definition) is 0. The van der Waals surface area contributed by atoms with Crippen LogP contribution in [0.1, 0.15) is 20.8 Å². The van der Waals surface area contributed by atoms with Crippen molar-refractivity contribution in [2.45, 2.75) is 26.3 Å². The van der Waals surface area contributed by atoms with Crippen molar-refractivity contribution in [3.63, 3.8) is 0 Å². The van der Waals surface area contributed by atoms with Crippen LogP contribution in [-0.4, -0.2) is 9.78 Å². The quantitative estimate of drug-likeness (QED) is 0.670. The van der Waals surface area contributed by atoms with Crippen LogP contribution in [0.15, 0.2) is 6.20 Å². The molecular formula is C7H10ClIN2. The summed E-state index contributed by atoms with van der Waals surface area (Å²) < 4.78 is 2.87. The third-order valence-electron chi connectivity index (χ3n) is 1.32. The molecule has 0 aliphatic carbocycles. The Balaban J connectivity index is 3.08. The van der Waals surface area contributed by atoms with Gasteiger partial charge >= 0.3 is 0 Å². The van der Waals surface area contributed by atoms with Crippen molar-refractivity contribution in [2.24, 2.45) is 0 Å². The van der Waals surface area contributed by atoms with Crippen LogP contribution < -0.4 is 0 Å². The SMILES string of the molecule is CC(C)(C)n1cc(I)c(Cl)n1. The average Bonchev–Trinajstić information content (AvgIpc) is 2.11. The second-order valence-electron chi connectivity index (χ2n) is 3.38. The summed E-state index contributed by atoms with van der Waals surface area (Å²) in [5.41, 5.74) is 0.0209. The molecule has 4 heteroatoms. The molecule has 0 N–H and O–H groups in total. The Morgan fingerprint density at radius 2 is 2.09 bits per heavy atom. The maximum absolute atomic E-state index is 5.80. The van der Waals surface area contributed by atoms with Gasteiger partial charge in [0.15, 0.2) is 5.15 Å². The highest BCUT2D eigenvalue weighted by Gasteiger charge is 2.15.